The first-order valence-electron chi connectivity index (χ1n) is 9.20. The number of rotatable bonds is 4. The van der Waals surface area contributed by atoms with Crippen molar-refractivity contribution < 1.29 is 9.72 Å². The summed E-state index contributed by atoms with van der Waals surface area (Å²) >= 11 is 0. The van der Waals surface area contributed by atoms with Crippen molar-refractivity contribution >= 4 is 11.6 Å². The molecular formula is C21H20N4O3. The number of benzene rings is 2. The second kappa shape index (κ2) is 7.26. The molecule has 7 heteroatoms. The molecule has 1 saturated heterocycles. The van der Waals surface area contributed by atoms with E-state index < -0.39 is 4.92 Å². The maximum Gasteiger partial charge on any atom is 0.269 e. The molecule has 2 aromatic carbocycles. The molecule has 1 aliphatic heterocycles. The number of aryl methyl sites for hydroxylation is 1. The predicted molar refractivity (Wildman–Crippen MR) is 104 cm³/mol. The summed E-state index contributed by atoms with van der Waals surface area (Å²) in [5.74, 6) is -0.0427. The van der Waals surface area contributed by atoms with E-state index >= 15 is 0 Å². The van der Waals surface area contributed by atoms with E-state index in [0.717, 1.165) is 19.4 Å². The fourth-order valence-electron chi connectivity index (χ4n) is 3.76. The number of non-ortho nitro benzene ring substituents is 1. The van der Waals surface area contributed by atoms with E-state index in [1.807, 2.05) is 17.0 Å². The molecule has 1 aromatic heterocycles. The number of carbonyl (C=O) groups excluding carboxylic acids is 1. The zero-order chi connectivity index (χ0) is 19.7. The van der Waals surface area contributed by atoms with Crippen LogP contribution in [0.1, 0.15) is 40.4 Å². The zero-order valence-electron chi connectivity index (χ0n) is 15.5. The molecule has 4 rings (SSSR count). The summed E-state index contributed by atoms with van der Waals surface area (Å²) < 4.78 is 1.57. The second-order valence-electron chi connectivity index (χ2n) is 6.96. The van der Waals surface area contributed by atoms with Crippen molar-refractivity contribution in [1.29, 1.82) is 0 Å². The van der Waals surface area contributed by atoms with Gasteiger partial charge >= 0.3 is 0 Å². The lowest BCUT2D eigenvalue weighted by Crippen LogP contribution is -2.30. The maximum atomic E-state index is 13.1. The van der Waals surface area contributed by atoms with Gasteiger partial charge in [0.05, 0.1) is 28.4 Å². The second-order valence-corrected chi connectivity index (χ2v) is 6.96. The van der Waals surface area contributed by atoms with Crippen molar-refractivity contribution in [2.24, 2.45) is 0 Å². The standard InChI is InChI=1S/C21H20N4O3/c1-15-5-2-3-6-19(15)20-7-4-12-23(20)21(26)16-13-22-24(14-16)17-8-10-18(11-9-17)25(27)28/h2-3,5-6,8-11,13-14,20H,4,7,12H2,1H3. The highest BCUT2D eigenvalue weighted by Gasteiger charge is 2.31. The van der Waals surface area contributed by atoms with E-state index in [2.05, 4.69) is 24.2 Å². The smallest absolute Gasteiger partial charge is 0.269 e. The number of likely N-dealkylation sites (tertiary alicyclic amines) is 1. The Hall–Kier alpha value is -3.48. The highest BCUT2D eigenvalue weighted by atomic mass is 16.6. The third-order valence-electron chi connectivity index (χ3n) is 5.22. The molecule has 0 bridgehead atoms. The molecule has 1 unspecified atom stereocenters. The molecule has 0 aliphatic carbocycles. The molecule has 0 saturated carbocycles. The number of nitro benzene ring substituents is 1. The van der Waals surface area contributed by atoms with Crippen LogP contribution in [0.2, 0.25) is 0 Å². The van der Waals surface area contributed by atoms with Gasteiger partial charge in [-0.15, -0.1) is 0 Å². The molecule has 1 amide bonds. The van der Waals surface area contributed by atoms with Crippen LogP contribution in [0, 0.1) is 17.0 Å². The number of hydrogen-bond donors (Lipinski definition) is 0. The number of amides is 1. The van der Waals surface area contributed by atoms with Crippen molar-refractivity contribution in [3.8, 4) is 5.69 Å². The lowest BCUT2D eigenvalue weighted by Gasteiger charge is -2.26. The van der Waals surface area contributed by atoms with E-state index in [9.17, 15) is 14.9 Å². The van der Waals surface area contributed by atoms with E-state index in [1.54, 1.807) is 29.2 Å². The van der Waals surface area contributed by atoms with Gasteiger partial charge in [-0.1, -0.05) is 24.3 Å². The largest absolute Gasteiger partial charge is 0.331 e. The van der Waals surface area contributed by atoms with E-state index in [1.165, 1.54) is 23.3 Å². The van der Waals surface area contributed by atoms with Gasteiger partial charge in [-0.25, -0.2) is 4.68 Å². The van der Waals surface area contributed by atoms with E-state index in [4.69, 9.17) is 0 Å². The van der Waals surface area contributed by atoms with E-state index in [0.29, 0.717) is 11.3 Å². The Bertz CT molecular complexity index is 1030. The van der Waals surface area contributed by atoms with Crippen LogP contribution < -0.4 is 0 Å². The summed E-state index contributed by atoms with van der Waals surface area (Å²) in [5.41, 5.74) is 3.58. The molecule has 1 fully saturated rings. The average molecular weight is 376 g/mol. The fraction of sp³-hybridized carbons (Fsp3) is 0.238. The molecule has 0 radical (unpaired) electrons. The Morgan fingerprint density at radius 3 is 2.64 bits per heavy atom. The minimum absolute atomic E-state index is 0.0188. The van der Waals surface area contributed by atoms with Crippen molar-refractivity contribution in [2.45, 2.75) is 25.8 Å². The summed E-state index contributed by atoms with van der Waals surface area (Å²) in [6.45, 7) is 2.80. The maximum absolute atomic E-state index is 13.1. The van der Waals surface area contributed by atoms with Crippen LogP contribution in [-0.4, -0.2) is 32.1 Å². The number of nitro groups is 1. The normalized spacial score (nSPS) is 16.3. The SMILES string of the molecule is Cc1ccccc1C1CCCN1C(=O)c1cnn(-c2ccc([N+](=O)[O-])cc2)c1. The van der Waals surface area contributed by atoms with Gasteiger partial charge in [-0.2, -0.15) is 5.10 Å². The zero-order valence-corrected chi connectivity index (χ0v) is 15.5. The molecule has 3 aromatic rings. The lowest BCUT2D eigenvalue weighted by molar-refractivity contribution is -0.384. The lowest BCUT2D eigenvalue weighted by atomic mass is 9.99. The van der Waals surface area contributed by atoms with Crippen molar-refractivity contribution in [3.63, 3.8) is 0 Å². The van der Waals surface area contributed by atoms with Gasteiger partial charge in [0.25, 0.3) is 11.6 Å². The third-order valence-corrected chi connectivity index (χ3v) is 5.22. The van der Waals surface area contributed by atoms with Gasteiger partial charge in [0, 0.05) is 24.9 Å². The van der Waals surface area contributed by atoms with Crippen LogP contribution in [-0.2, 0) is 0 Å². The Morgan fingerprint density at radius 2 is 1.93 bits per heavy atom. The fourth-order valence-corrected chi connectivity index (χ4v) is 3.76. The Labute approximate surface area is 162 Å². The van der Waals surface area contributed by atoms with Gasteiger partial charge in [0.1, 0.15) is 0 Å². The first-order chi connectivity index (χ1) is 13.5. The van der Waals surface area contributed by atoms with Crippen LogP contribution >= 0.6 is 0 Å². The van der Waals surface area contributed by atoms with Crippen molar-refractivity contribution in [1.82, 2.24) is 14.7 Å². The van der Waals surface area contributed by atoms with Gasteiger partial charge in [0.2, 0.25) is 0 Å². The highest BCUT2D eigenvalue weighted by Crippen LogP contribution is 2.34. The Morgan fingerprint density at radius 1 is 1.18 bits per heavy atom. The van der Waals surface area contributed by atoms with Crippen LogP contribution in [0.3, 0.4) is 0 Å². The minimum atomic E-state index is -0.444. The summed E-state index contributed by atoms with van der Waals surface area (Å²) in [7, 11) is 0. The Balaban J connectivity index is 1.57. The van der Waals surface area contributed by atoms with Crippen LogP contribution in [0.5, 0.6) is 0 Å². The quantitative estimate of drug-likeness (QED) is 0.508. The number of nitrogens with zero attached hydrogens (tertiary/aromatic N) is 4. The third kappa shape index (κ3) is 3.26. The molecule has 0 N–H and O–H groups in total. The van der Waals surface area contributed by atoms with Gasteiger partial charge in [-0.3, -0.25) is 14.9 Å². The number of aromatic nitrogens is 2. The predicted octanol–water partition coefficient (Wildman–Crippen LogP) is 4.07. The Kier molecular flexibility index (Phi) is 4.65. The molecule has 28 heavy (non-hydrogen) atoms. The van der Waals surface area contributed by atoms with Crippen LogP contribution in [0.25, 0.3) is 5.69 Å². The van der Waals surface area contributed by atoms with E-state index in [-0.39, 0.29) is 17.6 Å². The summed E-state index contributed by atoms with van der Waals surface area (Å²) in [6.07, 6.45) is 5.15. The van der Waals surface area contributed by atoms with Gasteiger partial charge < -0.3 is 4.90 Å². The monoisotopic (exact) mass is 376 g/mol. The summed E-state index contributed by atoms with van der Waals surface area (Å²) in [4.78, 5) is 25.4. The van der Waals surface area contributed by atoms with Crippen LogP contribution in [0.4, 0.5) is 5.69 Å². The summed E-state index contributed by atoms with van der Waals surface area (Å²) in [5, 5.41) is 15.1. The molecule has 0 spiro atoms. The van der Waals surface area contributed by atoms with Crippen molar-refractivity contribution in [3.05, 3.63) is 87.7 Å². The van der Waals surface area contributed by atoms with Crippen molar-refractivity contribution in [2.75, 3.05) is 6.54 Å². The topological polar surface area (TPSA) is 81.3 Å². The highest BCUT2D eigenvalue weighted by molar-refractivity contribution is 5.94. The molecule has 1 atom stereocenters. The summed E-state index contributed by atoms with van der Waals surface area (Å²) in [6, 6.07) is 14.3. The molecule has 142 valence electrons. The molecule has 2 heterocycles. The van der Waals surface area contributed by atoms with Crippen LogP contribution in [0.15, 0.2) is 60.9 Å². The molecular weight excluding hydrogens is 356 g/mol. The van der Waals surface area contributed by atoms with Gasteiger partial charge in [-0.05, 0) is 43.0 Å². The molecule has 7 nitrogen and oxygen atoms in total. The van der Waals surface area contributed by atoms with Gasteiger partial charge in [0.15, 0.2) is 0 Å². The average Bonchev–Trinajstić information content (AvgIpc) is 3.38. The molecule has 1 aliphatic rings. The minimum Gasteiger partial charge on any atom is -0.331 e. The first-order valence-corrected chi connectivity index (χ1v) is 9.20. The number of hydrogen-bond acceptors (Lipinski definition) is 4. The first kappa shape index (κ1) is 17.9. The number of carbonyl (C=O) groups is 1.